The van der Waals surface area contributed by atoms with Gasteiger partial charge in [-0.2, -0.15) is 0 Å². The maximum atomic E-state index is 11.5. The molecule has 9 heteroatoms. The molecule has 0 saturated heterocycles. The Labute approximate surface area is 150 Å². The van der Waals surface area contributed by atoms with E-state index in [4.69, 9.17) is 0 Å². The Morgan fingerprint density at radius 3 is 3.00 bits per heavy atom. The van der Waals surface area contributed by atoms with E-state index in [1.807, 2.05) is 18.2 Å². The molecule has 1 aromatic carbocycles. The van der Waals surface area contributed by atoms with Crippen molar-refractivity contribution in [3.8, 4) is 0 Å². The smallest absolute Gasteiger partial charge is 0.226 e. The molecule has 1 aliphatic rings. The first-order valence-corrected chi connectivity index (χ1v) is 8.94. The number of aromatic nitrogens is 3. The second-order valence-corrected chi connectivity index (χ2v) is 7.15. The number of carbonyl (C=O) groups is 2. The minimum Gasteiger partial charge on any atom is -0.324 e. The van der Waals surface area contributed by atoms with E-state index in [9.17, 15) is 9.59 Å². The van der Waals surface area contributed by atoms with Crippen molar-refractivity contribution in [3.63, 3.8) is 0 Å². The fourth-order valence-corrected chi connectivity index (χ4v) is 3.82. The van der Waals surface area contributed by atoms with Crippen LogP contribution in [0.5, 0.6) is 0 Å². The minimum absolute atomic E-state index is 0.0406. The highest BCUT2D eigenvalue weighted by atomic mass is 32.1. The van der Waals surface area contributed by atoms with Gasteiger partial charge in [0, 0.05) is 24.8 Å². The van der Waals surface area contributed by atoms with Crippen LogP contribution >= 0.6 is 20.7 Å². The third-order valence-corrected chi connectivity index (χ3v) is 5.68. The van der Waals surface area contributed by atoms with Crippen molar-refractivity contribution in [3.05, 3.63) is 35.1 Å². The van der Waals surface area contributed by atoms with E-state index in [-0.39, 0.29) is 5.91 Å². The summed E-state index contributed by atoms with van der Waals surface area (Å²) in [5.41, 5.74) is 3.65. The van der Waals surface area contributed by atoms with Crippen LogP contribution in [0.15, 0.2) is 24.5 Å². The molecule has 0 bridgehead atoms. The molecule has 3 aromatic rings. The van der Waals surface area contributed by atoms with Crippen LogP contribution in [-0.4, -0.2) is 33.7 Å². The molecule has 1 unspecified atom stereocenters. The van der Waals surface area contributed by atoms with Gasteiger partial charge in [-0.1, -0.05) is 11.3 Å². The van der Waals surface area contributed by atoms with Gasteiger partial charge in [-0.05, 0) is 39.6 Å². The Balaban J connectivity index is 1.77. The van der Waals surface area contributed by atoms with E-state index in [1.165, 1.54) is 24.6 Å². The van der Waals surface area contributed by atoms with Crippen molar-refractivity contribution in [1.82, 2.24) is 15.0 Å². The minimum atomic E-state index is -0.0406. The van der Waals surface area contributed by atoms with Gasteiger partial charge in [-0.25, -0.2) is 15.0 Å². The molecule has 1 aliphatic heterocycles. The Hall–Kier alpha value is -2.44. The van der Waals surface area contributed by atoms with Gasteiger partial charge in [0.1, 0.15) is 16.7 Å². The molecule has 0 fully saturated rings. The van der Waals surface area contributed by atoms with Crippen molar-refractivity contribution in [2.45, 2.75) is 13.3 Å². The topological polar surface area (TPSA) is 79.3 Å². The number of fused-ring (bicyclic) bond motifs is 2. The van der Waals surface area contributed by atoms with E-state index in [1.54, 1.807) is 4.67 Å². The molecular formula is C16H14N5O2PS. The highest BCUT2D eigenvalue weighted by Crippen LogP contribution is 2.39. The van der Waals surface area contributed by atoms with Gasteiger partial charge in [0.15, 0.2) is 17.1 Å². The number of carbonyl (C=O) groups excluding carboxylic acids is 2. The third-order valence-electron chi connectivity index (χ3n) is 4.13. The molecule has 1 amide bonds. The van der Waals surface area contributed by atoms with E-state index in [0.29, 0.717) is 21.2 Å². The maximum absolute atomic E-state index is 11.5. The zero-order chi connectivity index (χ0) is 17.6. The summed E-state index contributed by atoms with van der Waals surface area (Å²) in [5.74, 6) is 0.663. The van der Waals surface area contributed by atoms with Crippen LogP contribution in [-0.2, 0) is 11.2 Å². The first-order valence-electron chi connectivity index (χ1n) is 7.61. The van der Waals surface area contributed by atoms with Gasteiger partial charge in [0.2, 0.25) is 5.91 Å². The quantitative estimate of drug-likeness (QED) is 0.520. The normalized spacial score (nSPS) is 13.1. The molecule has 7 nitrogen and oxygen atoms in total. The number of amides is 1. The van der Waals surface area contributed by atoms with Crippen molar-refractivity contribution in [2.75, 3.05) is 16.1 Å². The Bertz CT molecular complexity index is 1010. The van der Waals surface area contributed by atoms with E-state index < -0.39 is 0 Å². The average molecular weight is 371 g/mol. The Morgan fingerprint density at radius 1 is 1.40 bits per heavy atom. The van der Waals surface area contributed by atoms with Crippen LogP contribution in [0.3, 0.4) is 0 Å². The Morgan fingerprint density at radius 2 is 2.24 bits per heavy atom. The molecule has 0 N–H and O–H groups in total. The van der Waals surface area contributed by atoms with Gasteiger partial charge >= 0.3 is 0 Å². The standard InChI is InChI=1S/C16H14N5O2PS/c1-9(23)21(24)11-2-3-12-10(6-11)4-5-20(12)15-14-16(18-8-17-15)25-13(7-22)19-14/h2-3,6-8H,4-5,24H2,1H3. The summed E-state index contributed by atoms with van der Waals surface area (Å²) >= 11 is 1.26. The molecule has 0 aliphatic carbocycles. The number of aldehydes is 1. The van der Waals surface area contributed by atoms with Crippen LogP contribution < -0.4 is 9.57 Å². The van der Waals surface area contributed by atoms with Crippen LogP contribution in [0.1, 0.15) is 22.3 Å². The summed E-state index contributed by atoms with van der Waals surface area (Å²) in [7, 11) is 2.43. The summed E-state index contributed by atoms with van der Waals surface area (Å²) < 4.78 is 1.54. The lowest BCUT2D eigenvalue weighted by atomic mass is 10.1. The number of hydrogen-bond acceptors (Lipinski definition) is 7. The Kier molecular flexibility index (Phi) is 3.94. The summed E-state index contributed by atoms with van der Waals surface area (Å²) in [6, 6.07) is 5.90. The van der Waals surface area contributed by atoms with E-state index in [2.05, 4.69) is 29.2 Å². The molecule has 3 heterocycles. The van der Waals surface area contributed by atoms with Crippen LogP contribution in [0, 0.1) is 0 Å². The lowest BCUT2D eigenvalue weighted by molar-refractivity contribution is -0.115. The van der Waals surface area contributed by atoms with Gasteiger partial charge in [0.05, 0.1) is 0 Å². The predicted molar refractivity (Wildman–Crippen MR) is 101 cm³/mol. The first kappa shape index (κ1) is 16.1. The van der Waals surface area contributed by atoms with E-state index >= 15 is 0 Å². The molecule has 4 rings (SSSR count). The average Bonchev–Trinajstić information content (AvgIpc) is 3.23. The highest BCUT2D eigenvalue weighted by Gasteiger charge is 2.25. The van der Waals surface area contributed by atoms with Crippen molar-refractivity contribution in [1.29, 1.82) is 0 Å². The lowest BCUT2D eigenvalue weighted by Crippen LogP contribution is -2.16. The van der Waals surface area contributed by atoms with Gasteiger partial charge in [-0.15, -0.1) is 0 Å². The summed E-state index contributed by atoms with van der Waals surface area (Å²) in [6.45, 7) is 2.28. The second kappa shape index (κ2) is 6.13. The molecule has 25 heavy (non-hydrogen) atoms. The van der Waals surface area contributed by atoms with Gasteiger partial charge in [0.25, 0.3) is 0 Å². The predicted octanol–water partition coefficient (Wildman–Crippen LogP) is 2.74. The summed E-state index contributed by atoms with van der Waals surface area (Å²) in [5, 5.41) is 0.395. The van der Waals surface area contributed by atoms with Crippen LogP contribution in [0.2, 0.25) is 0 Å². The highest BCUT2D eigenvalue weighted by molar-refractivity contribution is 7.21. The van der Waals surface area contributed by atoms with Gasteiger partial charge in [-0.3, -0.25) is 14.3 Å². The number of hydrogen-bond donors (Lipinski definition) is 0. The summed E-state index contributed by atoms with van der Waals surface area (Å²) in [6.07, 6.45) is 3.07. The first-order chi connectivity index (χ1) is 12.1. The van der Waals surface area contributed by atoms with Crippen molar-refractivity contribution in [2.24, 2.45) is 0 Å². The largest absolute Gasteiger partial charge is 0.324 e. The zero-order valence-corrected chi connectivity index (χ0v) is 15.3. The van der Waals surface area contributed by atoms with Crippen LogP contribution in [0.25, 0.3) is 10.3 Å². The molecule has 1 atom stereocenters. The van der Waals surface area contributed by atoms with Crippen molar-refractivity contribution >= 4 is 60.5 Å². The number of benzene rings is 1. The number of thiazole rings is 1. The monoisotopic (exact) mass is 371 g/mol. The number of anilines is 3. The fourth-order valence-electron chi connectivity index (χ4n) is 2.95. The molecule has 0 saturated carbocycles. The lowest BCUT2D eigenvalue weighted by Gasteiger charge is -2.20. The SMILES string of the molecule is CC(=O)N(P)c1ccc2c(c1)CCN2c1ncnc2sc(C=O)nc12. The number of nitrogens with zero attached hydrogens (tertiary/aromatic N) is 5. The second-order valence-electron chi connectivity index (χ2n) is 5.62. The molecule has 0 radical (unpaired) electrons. The van der Waals surface area contributed by atoms with Crippen LogP contribution in [0.4, 0.5) is 17.2 Å². The van der Waals surface area contributed by atoms with E-state index in [0.717, 1.165) is 36.2 Å². The van der Waals surface area contributed by atoms with Crippen molar-refractivity contribution < 1.29 is 9.59 Å². The molecular weight excluding hydrogens is 357 g/mol. The maximum Gasteiger partial charge on any atom is 0.226 e. The molecule has 0 spiro atoms. The van der Waals surface area contributed by atoms with Gasteiger partial charge < -0.3 is 4.90 Å². The zero-order valence-electron chi connectivity index (χ0n) is 13.3. The fraction of sp³-hybridized carbons (Fsp3) is 0.188. The summed E-state index contributed by atoms with van der Waals surface area (Å²) in [4.78, 5) is 38.3. The number of rotatable bonds is 3. The molecule has 126 valence electrons. The molecule has 2 aromatic heterocycles. The third kappa shape index (κ3) is 2.67.